The van der Waals surface area contributed by atoms with Crippen molar-refractivity contribution in [1.82, 2.24) is 9.97 Å². The van der Waals surface area contributed by atoms with Crippen LogP contribution in [0.1, 0.15) is 30.0 Å². The van der Waals surface area contributed by atoms with Gasteiger partial charge >= 0.3 is 0 Å². The average molecular weight is 413 g/mol. The van der Waals surface area contributed by atoms with E-state index in [1.807, 2.05) is 0 Å². The van der Waals surface area contributed by atoms with Crippen LogP contribution in [0.15, 0.2) is 35.5 Å². The highest BCUT2D eigenvalue weighted by molar-refractivity contribution is 6.02. The van der Waals surface area contributed by atoms with Crippen molar-refractivity contribution in [1.29, 1.82) is 0 Å². The quantitative estimate of drug-likeness (QED) is 0.413. The number of aromatic nitrogens is 2. The number of amidine groups is 1. The molecule has 0 bridgehead atoms. The maximum Gasteiger partial charge on any atom is 0.283 e. The number of nitrogens with zero attached hydrogens (tertiary/aromatic N) is 3. The summed E-state index contributed by atoms with van der Waals surface area (Å²) in [7, 11) is 0. The molecule has 7 nitrogen and oxygen atoms in total. The van der Waals surface area contributed by atoms with Gasteiger partial charge in [-0.15, -0.1) is 0 Å². The number of nitrogens with two attached hydrogens (primary N) is 1. The maximum absolute atomic E-state index is 14.3. The van der Waals surface area contributed by atoms with Crippen LogP contribution in [0.2, 0.25) is 0 Å². The summed E-state index contributed by atoms with van der Waals surface area (Å²) in [5.74, 6) is -2.07. The zero-order chi connectivity index (χ0) is 21.6. The van der Waals surface area contributed by atoms with E-state index in [0.717, 1.165) is 18.3 Å². The predicted molar refractivity (Wildman–Crippen MR) is 97.8 cm³/mol. The van der Waals surface area contributed by atoms with Crippen LogP contribution in [0.5, 0.6) is 0 Å². The molecule has 2 heterocycles. The van der Waals surface area contributed by atoms with E-state index in [1.165, 1.54) is 26.0 Å². The SMILES string of the molecule is CC(C)(/N=C(/N)OC(CF)CF)c1nc(NC(=O)c2ccc(F)cn2)ccc1F. The number of carbonyl (C=O) groups excluding carboxylic acids is 1. The fourth-order valence-corrected chi connectivity index (χ4v) is 2.26. The van der Waals surface area contributed by atoms with Crippen LogP contribution in [-0.2, 0) is 10.3 Å². The second-order valence-electron chi connectivity index (χ2n) is 6.40. The molecule has 0 aliphatic rings. The lowest BCUT2D eigenvalue weighted by Crippen LogP contribution is -2.31. The summed E-state index contributed by atoms with van der Waals surface area (Å²) in [5, 5.41) is 2.41. The number of alkyl halides is 2. The van der Waals surface area contributed by atoms with Crippen LogP contribution in [-0.4, -0.2) is 41.3 Å². The van der Waals surface area contributed by atoms with E-state index in [-0.39, 0.29) is 17.2 Å². The lowest BCUT2D eigenvalue weighted by molar-refractivity contribution is 0.102. The molecular formula is C18H19F4N5O2. The third kappa shape index (κ3) is 5.87. The van der Waals surface area contributed by atoms with E-state index in [0.29, 0.717) is 0 Å². The Kier molecular flexibility index (Phi) is 7.08. The summed E-state index contributed by atoms with van der Waals surface area (Å²) >= 11 is 0. The summed E-state index contributed by atoms with van der Waals surface area (Å²) in [6.07, 6.45) is -0.539. The van der Waals surface area contributed by atoms with Crippen molar-refractivity contribution in [3.63, 3.8) is 0 Å². The van der Waals surface area contributed by atoms with E-state index >= 15 is 0 Å². The second-order valence-corrected chi connectivity index (χ2v) is 6.40. The minimum Gasteiger partial charge on any atom is -0.457 e. The van der Waals surface area contributed by atoms with Crippen LogP contribution < -0.4 is 11.1 Å². The van der Waals surface area contributed by atoms with Gasteiger partial charge in [0, 0.05) is 0 Å². The first-order valence-corrected chi connectivity index (χ1v) is 8.40. The number of nitrogens with one attached hydrogen (secondary N) is 1. The first kappa shape index (κ1) is 22.1. The molecule has 0 saturated carbocycles. The topological polar surface area (TPSA) is 102 Å². The third-order valence-corrected chi connectivity index (χ3v) is 3.65. The van der Waals surface area contributed by atoms with Crippen molar-refractivity contribution in [2.24, 2.45) is 10.7 Å². The molecule has 0 radical (unpaired) electrons. The Labute approximate surface area is 164 Å². The number of rotatable bonds is 7. The highest BCUT2D eigenvalue weighted by atomic mass is 19.1. The monoisotopic (exact) mass is 413 g/mol. The smallest absolute Gasteiger partial charge is 0.283 e. The van der Waals surface area contributed by atoms with Crippen molar-refractivity contribution in [2.75, 3.05) is 18.7 Å². The molecule has 0 aliphatic carbocycles. The Balaban J connectivity index is 2.24. The molecule has 0 aliphatic heterocycles. The first-order chi connectivity index (χ1) is 13.7. The summed E-state index contributed by atoms with van der Waals surface area (Å²) in [6.45, 7) is 0.667. The molecule has 0 fully saturated rings. The van der Waals surface area contributed by atoms with Gasteiger partial charge in [-0.05, 0) is 38.1 Å². The first-order valence-electron chi connectivity index (χ1n) is 8.40. The van der Waals surface area contributed by atoms with Crippen LogP contribution in [0.3, 0.4) is 0 Å². The molecule has 0 aromatic carbocycles. The lowest BCUT2D eigenvalue weighted by Gasteiger charge is -2.22. The molecule has 0 saturated heterocycles. The zero-order valence-electron chi connectivity index (χ0n) is 15.6. The molecule has 2 aromatic heterocycles. The fraction of sp³-hybridized carbons (Fsp3) is 0.333. The Morgan fingerprint density at radius 2 is 1.93 bits per heavy atom. The van der Waals surface area contributed by atoms with Crippen molar-refractivity contribution in [2.45, 2.75) is 25.5 Å². The van der Waals surface area contributed by atoms with Crippen LogP contribution >= 0.6 is 0 Å². The molecule has 0 spiro atoms. The number of aliphatic imine (C=N–C) groups is 1. The van der Waals surface area contributed by atoms with Gasteiger partial charge in [-0.2, -0.15) is 0 Å². The van der Waals surface area contributed by atoms with Gasteiger partial charge in [0.25, 0.3) is 11.9 Å². The summed E-state index contributed by atoms with van der Waals surface area (Å²) < 4.78 is 57.2. The summed E-state index contributed by atoms with van der Waals surface area (Å²) in [4.78, 5) is 23.8. The van der Waals surface area contributed by atoms with E-state index < -0.39 is 48.6 Å². The van der Waals surface area contributed by atoms with Gasteiger partial charge in [-0.1, -0.05) is 0 Å². The van der Waals surface area contributed by atoms with Gasteiger partial charge in [0.15, 0.2) is 6.10 Å². The molecule has 2 aromatic rings. The number of hydrogen-bond donors (Lipinski definition) is 2. The lowest BCUT2D eigenvalue weighted by atomic mass is 10.0. The number of pyridine rings is 2. The van der Waals surface area contributed by atoms with Crippen molar-refractivity contribution in [3.05, 3.63) is 53.5 Å². The molecular weight excluding hydrogens is 394 g/mol. The number of amides is 1. The van der Waals surface area contributed by atoms with E-state index in [2.05, 4.69) is 20.3 Å². The molecule has 1 amide bonds. The average Bonchev–Trinajstić information content (AvgIpc) is 2.67. The van der Waals surface area contributed by atoms with E-state index in [1.54, 1.807) is 0 Å². The molecule has 3 N–H and O–H groups in total. The van der Waals surface area contributed by atoms with Crippen LogP contribution in [0.25, 0.3) is 0 Å². The van der Waals surface area contributed by atoms with Crippen LogP contribution in [0.4, 0.5) is 23.4 Å². The van der Waals surface area contributed by atoms with Crippen molar-refractivity contribution in [3.8, 4) is 0 Å². The maximum atomic E-state index is 14.3. The minimum atomic E-state index is -1.42. The number of carbonyl (C=O) groups is 1. The predicted octanol–water partition coefficient (Wildman–Crippen LogP) is 2.88. The molecule has 11 heteroatoms. The standard InChI is InChI=1S/C18H19F4N5O2/c1-18(2,27-17(23)29-11(7-19)8-20)15-12(22)4-6-14(25-15)26-16(28)13-5-3-10(21)9-24-13/h3-6,9,11H,7-8H2,1-2H3,(H2,23,27)(H,25,26,28). The number of hydrogen-bond acceptors (Lipinski definition) is 5. The Bertz CT molecular complexity index is 886. The van der Waals surface area contributed by atoms with Crippen molar-refractivity contribution >= 4 is 17.7 Å². The van der Waals surface area contributed by atoms with Gasteiger partial charge < -0.3 is 15.8 Å². The minimum absolute atomic E-state index is 0.0225. The summed E-state index contributed by atoms with van der Waals surface area (Å²) in [5.41, 5.74) is 3.88. The number of halogens is 4. The largest absolute Gasteiger partial charge is 0.457 e. The van der Waals surface area contributed by atoms with Gasteiger partial charge in [0.1, 0.15) is 47.7 Å². The molecule has 29 heavy (non-hydrogen) atoms. The van der Waals surface area contributed by atoms with Gasteiger partial charge in [0.05, 0.1) is 6.20 Å². The summed E-state index contributed by atoms with van der Waals surface area (Å²) in [6, 6.07) is 3.96. The third-order valence-electron chi connectivity index (χ3n) is 3.65. The molecule has 0 atom stereocenters. The Morgan fingerprint density at radius 3 is 2.52 bits per heavy atom. The van der Waals surface area contributed by atoms with Gasteiger partial charge in [-0.25, -0.2) is 32.5 Å². The fourth-order valence-electron chi connectivity index (χ4n) is 2.26. The molecule has 156 valence electrons. The van der Waals surface area contributed by atoms with Crippen molar-refractivity contribution < 1.29 is 27.1 Å². The number of ether oxygens (including phenoxy) is 1. The van der Waals surface area contributed by atoms with Gasteiger partial charge in [-0.3, -0.25) is 4.79 Å². The Morgan fingerprint density at radius 1 is 1.24 bits per heavy atom. The Hall–Kier alpha value is -3.24. The normalized spacial score (nSPS) is 12.2. The van der Waals surface area contributed by atoms with E-state index in [4.69, 9.17) is 10.5 Å². The van der Waals surface area contributed by atoms with Gasteiger partial charge in [0.2, 0.25) is 0 Å². The highest BCUT2D eigenvalue weighted by Crippen LogP contribution is 2.27. The van der Waals surface area contributed by atoms with E-state index in [9.17, 15) is 22.4 Å². The van der Waals surface area contributed by atoms with Crippen LogP contribution in [0, 0.1) is 11.6 Å². The highest BCUT2D eigenvalue weighted by Gasteiger charge is 2.27. The number of anilines is 1. The molecule has 2 rings (SSSR count). The zero-order valence-corrected chi connectivity index (χ0v) is 15.6. The molecule has 0 unspecified atom stereocenters. The second kappa shape index (κ2) is 9.30.